The van der Waals surface area contributed by atoms with E-state index in [4.69, 9.17) is 37.9 Å². The number of carbonyl (C=O) groups is 3. The summed E-state index contributed by atoms with van der Waals surface area (Å²) in [5.74, 6) is -1.26. The molecule has 1 aromatic heterocycles. The highest BCUT2D eigenvalue weighted by Crippen LogP contribution is 2.38. The quantitative estimate of drug-likeness (QED) is 0.137. The highest BCUT2D eigenvalue weighted by molar-refractivity contribution is 5.70. The summed E-state index contributed by atoms with van der Waals surface area (Å²) < 4.78 is 50.1. The minimum Gasteiger partial charge on any atom is -0.462 e. The van der Waals surface area contributed by atoms with Crippen LogP contribution in [0, 0.1) is 11.8 Å². The van der Waals surface area contributed by atoms with Crippen LogP contribution < -0.4 is 0 Å². The van der Waals surface area contributed by atoms with Crippen molar-refractivity contribution >= 4 is 24.3 Å². The van der Waals surface area contributed by atoms with Crippen molar-refractivity contribution < 1.29 is 67.6 Å². The predicted molar refractivity (Wildman–Crippen MR) is 248 cm³/mol. The molecule has 4 N–H and O–H groups in total. The number of allylic oxidation sites excluding steroid dienone is 2. The first-order valence-corrected chi connectivity index (χ1v) is 23.4. The van der Waals surface area contributed by atoms with Gasteiger partial charge in [-0.05, 0) is 65.6 Å². The fourth-order valence-corrected chi connectivity index (χ4v) is 9.15. The number of hydrogen-bond acceptors (Lipinski definition) is 16. The first-order chi connectivity index (χ1) is 32.0. The second kappa shape index (κ2) is 25.5. The molecule has 0 bridgehead atoms. The summed E-state index contributed by atoms with van der Waals surface area (Å²) in [6, 6.07) is 7.05. The van der Waals surface area contributed by atoms with Gasteiger partial charge in [-0.1, -0.05) is 74.6 Å². The van der Waals surface area contributed by atoms with Gasteiger partial charge in [-0.25, -0.2) is 4.98 Å². The zero-order valence-electron chi connectivity index (χ0n) is 40.3. The summed E-state index contributed by atoms with van der Waals surface area (Å²) in [5.41, 5.74) is 0.347. The minimum atomic E-state index is -1.49. The average molecular weight is 940 g/mol. The summed E-state index contributed by atoms with van der Waals surface area (Å²) in [4.78, 5) is 47.6. The number of aromatic amines is 1. The third-order valence-corrected chi connectivity index (χ3v) is 12.7. The molecule has 2 fully saturated rings. The van der Waals surface area contributed by atoms with Crippen LogP contribution in [0.5, 0.6) is 0 Å². The number of rotatable bonds is 15. The maximum Gasteiger partial charge on any atom is 0.308 e. The maximum absolute atomic E-state index is 13.7. The zero-order valence-corrected chi connectivity index (χ0v) is 40.3. The molecule has 16 atom stereocenters. The van der Waals surface area contributed by atoms with E-state index in [0.717, 1.165) is 23.2 Å². The van der Waals surface area contributed by atoms with Gasteiger partial charge < -0.3 is 67.9 Å². The Labute approximate surface area is 394 Å². The Bertz CT molecular complexity index is 1920. The lowest BCUT2D eigenvalue weighted by Gasteiger charge is -2.50. The molecule has 372 valence electrons. The van der Waals surface area contributed by atoms with Gasteiger partial charge in [0.1, 0.15) is 42.1 Å². The molecule has 2 aromatic rings. The topological polar surface area (TPSA) is 218 Å². The van der Waals surface area contributed by atoms with Gasteiger partial charge in [0.15, 0.2) is 18.7 Å². The summed E-state index contributed by atoms with van der Waals surface area (Å²) in [7, 11) is 5.02. The van der Waals surface area contributed by atoms with Crippen LogP contribution in [0.2, 0.25) is 0 Å². The Morgan fingerprint density at radius 3 is 2.42 bits per heavy atom. The van der Waals surface area contributed by atoms with Gasteiger partial charge in [-0.3, -0.25) is 9.59 Å². The summed E-state index contributed by atoms with van der Waals surface area (Å²) in [5, 5.41) is 35.0. The van der Waals surface area contributed by atoms with Crippen LogP contribution in [0.25, 0.3) is 17.5 Å². The first-order valence-electron chi connectivity index (χ1n) is 23.4. The van der Waals surface area contributed by atoms with Crippen molar-refractivity contribution in [3.05, 3.63) is 72.6 Å². The largest absolute Gasteiger partial charge is 0.462 e. The van der Waals surface area contributed by atoms with Crippen molar-refractivity contribution in [2.75, 3.05) is 27.8 Å². The number of aldehydes is 1. The average Bonchev–Trinajstić information content (AvgIpc) is 3.82. The lowest BCUT2D eigenvalue weighted by molar-refractivity contribution is -0.344. The molecule has 5 rings (SSSR count). The number of esters is 2. The van der Waals surface area contributed by atoms with E-state index in [0.29, 0.717) is 6.42 Å². The molecule has 0 saturated carbocycles. The van der Waals surface area contributed by atoms with E-state index in [1.165, 1.54) is 7.11 Å². The summed E-state index contributed by atoms with van der Waals surface area (Å²) in [6.45, 7) is 10.4. The molecular weight excluding hydrogens is 867 g/mol. The normalized spacial score (nSPS) is 36.9. The molecule has 0 amide bonds. The second-order valence-corrected chi connectivity index (χ2v) is 18.4. The van der Waals surface area contributed by atoms with Gasteiger partial charge >= 0.3 is 11.9 Å². The number of carbonyl (C=O) groups excluding carboxylic acids is 3. The molecule has 0 radical (unpaired) electrons. The van der Waals surface area contributed by atoms with Gasteiger partial charge in [0, 0.05) is 50.8 Å². The van der Waals surface area contributed by atoms with Crippen molar-refractivity contribution in [1.82, 2.24) is 14.9 Å². The molecule has 4 heterocycles. The second-order valence-electron chi connectivity index (χ2n) is 18.4. The van der Waals surface area contributed by atoms with E-state index in [1.807, 2.05) is 49.4 Å². The first kappa shape index (κ1) is 53.8. The summed E-state index contributed by atoms with van der Waals surface area (Å²) >= 11 is 0. The lowest BCUT2D eigenvalue weighted by Crippen LogP contribution is -2.66. The minimum absolute atomic E-state index is 0.0276. The molecule has 1 aromatic carbocycles. The number of hydrogen-bond donors (Lipinski definition) is 4. The Hall–Kier alpha value is -4.14. The Morgan fingerprint density at radius 1 is 1.03 bits per heavy atom. The Morgan fingerprint density at radius 2 is 1.78 bits per heavy atom. The number of H-pyrrole nitrogens is 1. The Kier molecular flexibility index (Phi) is 20.5. The van der Waals surface area contributed by atoms with E-state index >= 15 is 0 Å². The van der Waals surface area contributed by atoms with Crippen molar-refractivity contribution in [2.24, 2.45) is 11.8 Å². The summed E-state index contributed by atoms with van der Waals surface area (Å²) in [6.07, 6.45) is 4.25. The number of likely N-dealkylation sites (N-methyl/N-ethyl adjacent to an activating group) is 1. The highest BCUT2D eigenvalue weighted by Gasteiger charge is 2.53. The van der Waals surface area contributed by atoms with Gasteiger partial charge in [-0.15, -0.1) is 0 Å². The van der Waals surface area contributed by atoms with Gasteiger partial charge in [0.2, 0.25) is 0 Å². The molecule has 17 nitrogen and oxygen atoms in total. The monoisotopic (exact) mass is 940 g/mol. The predicted octanol–water partition coefficient (Wildman–Crippen LogP) is 4.93. The zero-order chi connectivity index (χ0) is 48.8. The van der Waals surface area contributed by atoms with Crippen LogP contribution in [0.4, 0.5) is 0 Å². The molecular formula is C50H73N3O14. The van der Waals surface area contributed by atoms with Crippen LogP contribution in [0.3, 0.4) is 0 Å². The van der Waals surface area contributed by atoms with E-state index in [9.17, 15) is 29.7 Å². The maximum atomic E-state index is 13.7. The van der Waals surface area contributed by atoms with Gasteiger partial charge in [0.25, 0.3) is 0 Å². The number of nitrogens with zero attached hydrogens (tertiary/aromatic N) is 2. The fourth-order valence-electron chi connectivity index (χ4n) is 9.15. The molecule has 2 saturated heterocycles. The number of cyclic esters (lactones) is 1. The van der Waals surface area contributed by atoms with E-state index < -0.39 is 103 Å². The number of benzene rings is 1. The van der Waals surface area contributed by atoms with E-state index in [2.05, 4.69) is 9.97 Å². The van der Waals surface area contributed by atoms with Gasteiger partial charge in [-0.2, -0.15) is 0 Å². The standard InChI is InChI=1S/C50H73N3O14/c1-10-39(56)65-47-33(5)63-41(29-50(47,6)59)66-44-32(4)64-49(43(58)42(44)53(7)8)67-45-36(22-25-54)27-30(2)37(55)17-13-11-12-15-31(3)62-40(57)28-38(46(45)60-9)61-26-14-16-34-18-20-35(21-19-34)48-51-23-24-52-48/h11-14,16-21,23-25,30-33,36-38,41-47,49,55,58-59H,10,15,22,26-29H2,1-9H3,(H,51,52)/b12-11+,16-14+,17-13+/t30-,31-,32-,33+,36+,37+,38-,41+,42-,43-,44-,45+,46+,47+,49+,50-/m1/s1. The van der Waals surface area contributed by atoms with Crippen LogP contribution in [0.15, 0.2) is 67.0 Å². The molecule has 17 heteroatoms. The molecule has 67 heavy (non-hydrogen) atoms. The number of aromatic nitrogens is 2. The van der Waals surface area contributed by atoms with E-state index in [1.54, 1.807) is 84.2 Å². The van der Waals surface area contributed by atoms with E-state index in [-0.39, 0.29) is 44.6 Å². The fraction of sp³-hybridized carbons (Fsp3) is 0.640. The number of ether oxygens (including phenoxy) is 8. The number of aliphatic hydroxyl groups excluding tert-OH is 2. The lowest BCUT2D eigenvalue weighted by atomic mass is 9.82. The van der Waals surface area contributed by atoms with Crippen molar-refractivity contribution in [2.45, 2.75) is 165 Å². The molecule has 0 spiro atoms. The molecule has 3 aliphatic rings. The SMILES string of the molecule is CCC(=O)O[C@H]1[C@H](C)O[C@@H](O[C@H]2[C@H](N(C)C)[C@@H](O)[C@H](O[C@H]3[C@@H](CC=O)C[C@@H](C)[C@@H](O)/C=C/C=C/C[C@@H](C)OC(=O)C[C@@H](OC/C=C/c4ccc(-c5ncc[nH]5)cc4)[C@@H]3OC)O[C@@H]2C)C[C@@]1(C)O. The number of imidazole rings is 1. The van der Waals surface area contributed by atoms with Crippen LogP contribution in [-0.2, 0) is 52.3 Å². The van der Waals surface area contributed by atoms with Crippen molar-refractivity contribution in [3.8, 4) is 11.4 Å². The van der Waals surface area contributed by atoms with Crippen LogP contribution in [-0.4, -0.2) is 161 Å². The third kappa shape index (κ3) is 14.9. The number of methoxy groups -OCH3 is 1. The van der Waals surface area contributed by atoms with Crippen molar-refractivity contribution in [1.29, 1.82) is 0 Å². The highest BCUT2D eigenvalue weighted by atomic mass is 16.7. The number of nitrogens with one attached hydrogen (secondary N) is 1. The van der Waals surface area contributed by atoms with Crippen LogP contribution in [0.1, 0.15) is 85.6 Å². The smallest absolute Gasteiger partial charge is 0.308 e. The molecule has 0 unspecified atom stereocenters. The molecule has 0 aliphatic carbocycles. The Balaban J connectivity index is 1.44. The van der Waals surface area contributed by atoms with Gasteiger partial charge in [0.05, 0.1) is 49.6 Å². The number of aliphatic hydroxyl groups is 3. The third-order valence-electron chi connectivity index (χ3n) is 12.7. The van der Waals surface area contributed by atoms with Crippen molar-refractivity contribution in [3.63, 3.8) is 0 Å². The van der Waals surface area contributed by atoms with Crippen LogP contribution >= 0.6 is 0 Å². The molecule has 3 aliphatic heterocycles.